The number of unbranched alkanes of at least 4 members (excludes halogenated alkanes) is 2. The summed E-state index contributed by atoms with van der Waals surface area (Å²) < 4.78 is 0.649. The van der Waals surface area contributed by atoms with Gasteiger partial charge in [-0.3, -0.25) is 14.5 Å². The lowest BCUT2D eigenvalue weighted by Gasteiger charge is -2.14. The summed E-state index contributed by atoms with van der Waals surface area (Å²) in [4.78, 5) is 23.5. The lowest BCUT2D eigenvalue weighted by atomic mass is 10.2. The molecule has 1 aliphatic heterocycles. The Morgan fingerprint density at radius 3 is 2.69 bits per heavy atom. The molecule has 0 spiro atoms. The van der Waals surface area contributed by atoms with E-state index >= 15 is 0 Å². The van der Waals surface area contributed by atoms with Crippen LogP contribution in [0.15, 0.2) is 0 Å². The predicted molar refractivity (Wildman–Crippen MR) is 67.5 cm³/mol. The van der Waals surface area contributed by atoms with Gasteiger partial charge in [0.2, 0.25) is 5.91 Å². The van der Waals surface area contributed by atoms with Crippen molar-refractivity contribution in [3.63, 3.8) is 0 Å². The molecule has 0 bridgehead atoms. The van der Waals surface area contributed by atoms with Gasteiger partial charge in [0.15, 0.2) is 0 Å². The molecule has 0 aromatic rings. The zero-order valence-corrected chi connectivity index (χ0v) is 10.8. The van der Waals surface area contributed by atoms with Gasteiger partial charge in [-0.25, -0.2) is 0 Å². The van der Waals surface area contributed by atoms with Crippen molar-refractivity contribution in [1.82, 2.24) is 4.90 Å². The Morgan fingerprint density at radius 2 is 2.19 bits per heavy atom. The summed E-state index contributed by atoms with van der Waals surface area (Å²) in [6.45, 7) is 2.47. The molecular formula is C10H15NO3S2. The molecule has 16 heavy (non-hydrogen) atoms. The van der Waals surface area contributed by atoms with Crippen LogP contribution in [0.1, 0.15) is 32.6 Å². The second kappa shape index (κ2) is 6.20. The average molecular weight is 261 g/mol. The van der Waals surface area contributed by atoms with E-state index in [0.717, 1.165) is 12.8 Å². The minimum atomic E-state index is -0.767. The number of carbonyl (C=O) groups is 2. The topological polar surface area (TPSA) is 57.6 Å². The minimum Gasteiger partial charge on any atom is -0.481 e. The Morgan fingerprint density at radius 1 is 1.50 bits per heavy atom. The van der Waals surface area contributed by atoms with Crippen LogP contribution >= 0.6 is 24.0 Å². The Balaban J connectivity index is 2.20. The van der Waals surface area contributed by atoms with Gasteiger partial charge in [0.1, 0.15) is 4.32 Å². The average Bonchev–Trinajstić information content (AvgIpc) is 2.43. The second-order valence-electron chi connectivity index (χ2n) is 3.72. The number of amides is 1. The van der Waals surface area contributed by atoms with Crippen molar-refractivity contribution in [2.75, 3.05) is 6.54 Å². The molecule has 1 heterocycles. The zero-order chi connectivity index (χ0) is 12.1. The Hall–Kier alpha value is -0.620. The lowest BCUT2D eigenvalue weighted by Crippen LogP contribution is -2.31. The number of aliphatic carboxylic acids is 1. The maximum absolute atomic E-state index is 11.6. The highest BCUT2D eigenvalue weighted by molar-refractivity contribution is 8.24. The SMILES string of the molecule is CC1SC(=S)N(CCCCCC(=O)O)C1=O. The quantitative estimate of drug-likeness (QED) is 0.584. The Kier molecular flexibility index (Phi) is 5.21. The fourth-order valence-corrected chi connectivity index (χ4v) is 2.95. The molecule has 0 radical (unpaired) electrons. The molecule has 1 fully saturated rings. The van der Waals surface area contributed by atoms with Crippen molar-refractivity contribution in [2.45, 2.75) is 37.9 Å². The van der Waals surface area contributed by atoms with Crippen molar-refractivity contribution in [3.8, 4) is 0 Å². The van der Waals surface area contributed by atoms with Gasteiger partial charge < -0.3 is 5.11 Å². The molecule has 0 saturated carbocycles. The number of carboxylic acid groups (broad SMARTS) is 1. The van der Waals surface area contributed by atoms with Gasteiger partial charge in [0.05, 0.1) is 5.25 Å². The summed E-state index contributed by atoms with van der Waals surface area (Å²) >= 11 is 6.51. The van der Waals surface area contributed by atoms with Crippen LogP contribution in [0.25, 0.3) is 0 Å². The molecule has 1 amide bonds. The fraction of sp³-hybridized carbons (Fsp3) is 0.700. The molecule has 1 unspecified atom stereocenters. The van der Waals surface area contributed by atoms with E-state index in [9.17, 15) is 9.59 Å². The van der Waals surface area contributed by atoms with Crippen LogP contribution in [0.4, 0.5) is 0 Å². The van der Waals surface area contributed by atoms with Crippen molar-refractivity contribution in [1.29, 1.82) is 0 Å². The van der Waals surface area contributed by atoms with Gasteiger partial charge in [-0.1, -0.05) is 30.4 Å². The third-order valence-electron chi connectivity index (χ3n) is 2.38. The summed E-state index contributed by atoms with van der Waals surface area (Å²) in [6.07, 6.45) is 2.49. The molecule has 4 nitrogen and oxygen atoms in total. The molecule has 1 atom stereocenters. The number of carbonyl (C=O) groups excluding carboxylic acids is 1. The van der Waals surface area contributed by atoms with Crippen LogP contribution in [0, 0.1) is 0 Å². The fourth-order valence-electron chi connectivity index (χ4n) is 1.50. The number of rotatable bonds is 6. The van der Waals surface area contributed by atoms with E-state index in [-0.39, 0.29) is 17.6 Å². The van der Waals surface area contributed by atoms with E-state index in [1.807, 2.05) is 6.92 Å². The van der Waals surface area contributed by atoms with Crippen LogP contribution in [0.2, 0.25) is 0 Å². The number of thioether (sulfide) groups is 1. The second-order valence-corrected chi connectivity index (χ2v) is 5.69. The van der Waals surface area contributed by atoms with Gasteiger partial charge in [0.25, 0.3) is 0 Å². The molecule has 90 valence electrons. The number of carboxylic acids is 1. The van der Waals surface area contributed by atoms with Crippen LogP contribution in [-0.2, 0) is 9.59 Å². The molecule has 0 aliphatic carbocycles. The van der Waals surface area contributed by atoms with E-state index < -0.39 is 5.97 Å². The first-order chi connectivity index (χ1) is 7.52. The Bertz CT molecular complexity index is 306. The van der Waals surface area contributed by atoms with E-state index in [1.54, 1.807) is 4.90 Å². The molecule has 1 aliphatic rings. The van der Waals surface area contributed by atoms with Crippen LogP contribution in [-0.4, -0.2) is 38.0 Å². The third kappa shape index (κ3) is 3.75. The van der Waals surface area contributed by atoms with E-state index in [0.29, 0.717) is 17.3 Å². The molecular weight excluding hydrogens is 246 g/mol. The smallest absolute Gasteiger partial charge is 0.303 e. The van der Waals surface area contributed by atoms with Crippen molar-refractivity contribution < 1.29 is 14.7 Å². The number of thiocarbonyl (C=S) groups is 1. The van der Waals surface area contributed by atoms with Gasteiger partial charge in [-0.2, -0.15) is 0 Å². The zero-order valence-electron chi connectivity index (χ0n) is 9.14. The minimum absolute atomic E-state index is 0.0634. The molecule has 6 heteroatoms. The van der Waals surface area contributed by atoms with Crippen LogP contribution < -0.4 is 0 Å². The van der Waals surface area contributed by atoms with Gasteiger partial charge in [-0.05, 0) is 19.8 Å². The summed E-state index contributed by atoms with van der Waals surface area (Å²) in [6, 6.07) is 0. The van der Waals surface area contributed by atoms with Crippen LogP contribution in [0.5, 0.6) is 0 Å². The number of nitrogens with zero attached hydrogens (tertiary/aromatic N) is 1. The first kappa shape index (κ1) is 13.4. The number of hydrogen-bond acceptors (Lipinski definition) is 4. The van der Waals surface area contributed by atoms with Crippen molar-refractivity contribution in [2.24, 2.45) is 0 Å². The molecule has 0 aromatic carbocycles. The van der Waals surface area contributed by atoms with Crippen LogP contribution in [0.3, 0.4) is 0 Å². The number of hydrogen-bond donors (Lipinski definition) is 1. The van der Waals surface area contributed by atoms with Gasteiger partial charge >= 0.3 is 5.97 Å². The molecule has 1 N–H and O–H groups in total. The first-order valence-corrected chi connectivity index (χ1v) is 6.55. The van der Waals surface area contributed by atoms with E-state index in [4.69, 9.17) is 17.3 Å². The molecule has 1 saturated heterocycles. The standard InChI is InChI=1S/C10H15NO3S2/c1-7-9(14)11(10(15)16-7)6-4-2-3-5-8(12)13/h7H,2-6H2,1H3,(H,12,13). The monoisotopic (exact) mass is 261 g/mol. The van der Waals surface area contributed by atoms with Crippen molar-refractivity contribution >= 4 is 40.2 Å². The summed E-state index contributed by atoms with van der Waals surface area (Å²) in [5.41, 5.74) is 0. The largest absolute Gasteiger partial charge is 0.481 e. The molecule has 1 rings (SSSR count). The van der Waals surface area contributed by atoms with E-state index in [1.165, 1.54) is 11.8 Å². The summed E-state index contributed by atoms with van der Waals surface area (Å²) in [7, 11) is 0. The first-order valence-electron chi connectivity index (χ1n) is 5.26. The maximum atomic E-state index is 11.6. The van der Waals surface area contributed by atoms with Crippen molar-refractivity contribution in [3.05, 3.63) is 0 Å². The highest BCUT2D eigenvalue weighted by atomic mass is 32.2. The Labute approximate surface area is 104 Å². The summed E-state index contributed by atoms with van der Waals surface area (Å²) in [5, 5.41) is 8.39. The molecule has 0 aromatic heterocycles. The normalized spacial score (nSPS) is 20.6. The lowest BCUT2D eigenvalue weighted by molar-refractivity contribution is -0.137. The van der Waals surface area contributed by atoms with E-state index in [2.05, 4.69) is 0 Å². The highest BCUT2D eigenvalue weighted by Crippen LogP contribution is 2.26. The van der Waals surface area contributed by atoms with Gasteiger partial charge in [-0.15, -0.1) is 0 Å². The summed E-state index contributed by atoms with van der Waals surface area (Å²) in [5.74, 6) is -0.690. The maximum Gasteiger partial charge on any atom is 0.303 e. The highest BCUT2D eigenvalue weighted by Gasteiger charge is 2.32. The van der Waals surface area contributed by atoms with Gasteiger partial charge in [0, 0.05) is 13.0 Å². The third-order valence-corrected chi connectivity index (χ3v) is 3.87. The predicted octanol–water partition coefficient (Wildman–Crippen LogP) is 1.88.